The largest absolute Gasteiger partial charge is 0.481 e. The van der Waals surface area contributed by atoms with Gasteiger partial charge in [-0.15, -0.1) is 0 Å². The molecule has 0 saturated heterocycles. The minimum absolute atomic E-state index is 0.00449. The number of ketones is 1. The van der Waals surface area contributed by atoms with E-state index >= 15 is 0 Å². The number of aliphatic hydroxyl groups is 1. The number of hydrogen-bond acceptors (Lipinski definition) is 11. The van der Waals surface area contributed by atoms with Gasteiger partial charge in [0.05, 0.1) is 25.0 Å². The van der Waals surface area contributed by atoms with Gasteiger partial charge in [-0.2, -0.15) is 0 Å². The molecule has 7 N–H and O–H groups in total. The number of carboxylic acids is 1. The van der Waals surface area contributed by atoms with Crippen LogP contribution < -0.4 is 26.6 Å². The van der Waals surface area contributed by atoms with E-state index in [1.165, 1.54) is 70.5 Å². The highest BCUT2D eigenvalue weighted by Gasteiger charge is 2.43. The Labute approximate surface area is 407 Å². The minimum atomic E-state index is -1.77. The van der Waals surface area contributed by atoms with E-state index in [1.807, 2.05) is 13.8 Å². The predicted octanol–water partition coefficient (Wildman–Crippen LogP) is 1.27. The first kappa shape index (κ1) is 61.1. The number of nitrogens with zero attached hydrogens (tertiary/aromatic N) is 3. The van der Waals surface area contributed by atoms with E-state index in [0.717, 1.165) is 0 Å². The molecular weight excluding hydrogens is 893 g/mol. The highest BCUT2D eigenvalue weighted by atomic mass is 16.4. The second-order valence-corrected chi connectivity index (χ2v) is 19.0. The summed E-state index contributed by atoms with van der Waals surface area (Å²) >= 11 is 0. The Morgan fingerprint density at radius 1 is 0.609 bits per heavy atom. The van der Waals surface area contributed by atoms with Gasteiger partial charge in [-0.1, -0.05) is 91.6 Å². The second kappa shape index (κ2) is 27.9. The Kier molecular flexibility index (Phi) is 24.7. The van der Waals surface area contributed by atoms with Gasteiger partial charge in [0.15, 0.2) is 5.78 Å². The fourth-order valence-electron chi connectivity index (χ4n) is 7.65. The Morgan fingerprint density at radius 2 is 1.12 bits per heavy atom. The Morgan fingerprint density at radius 3 is 1.59 bits per heavy atom. The van der Waals surface area contributed by atoms with Crippen molar-refractivity contribution in [3.63, 3.8) is 0 Å². The summed E-state index contributed by atoms with van der Waals surface area (Å²) in [7, 11) is 4.20. The summed E-state index contributed by atoms with van der Waals surface area (Å²) in [4.78, 5) is 137. The van der Waals surface area contributed by atoms with Gasteiger partial charge < -0.3 is 51.5 Å². The summed E-state index contributed by atoms with van der Waals surface area (Å²) in [6.07, 6.45) is 0.0275. The zero-order chi connectivity index (χ0) is 53.2. The van der Waals surface area contributed by atoms with E-state index in [-0.39, 0.29) is 18.3 Å². The molecule has 0 bridgehead atoms. The van der Waals surface area contributed by atoms with Crippen molar-refractivity contribution in [2.24, 2.45) is 29.1 Å². The van der Waals surface area contributed by atoms with E-state index < -0.39 is 132 Å². The maximum Gasteiger partial charge on any atom is 0.308 e. The number of hydrogen-bond donors (Lipinski definition) is 7. The molecule has 20 heteroatoms. The fourth-order valence-corrected chi connectivity index (χ4v) is 7.65. The van der Waals surface area contributed by atoms with Crippen molar-refractivity contribution < 1.29 is 58.2 Å². The molecule has 0 unspecified atom stereocenters. The highest BCUT2D eigenvalue weighted by Crippen LogP contribution is 2.22. The van der Waals surface area contributed by atoms with Crippen molar-refractivity contribution in [1.82, 2.24) is 41.3 Å². The lowest BCUT2D eigenvalue weighted by Gasteiger charge is -2.37. The molecule has 20 nitrogen and oxygen atoms in total. The third-order valence-electron chi connectivity index (χ3n) is 13.1. The van der Waals surface area contributed by atoms with Crippen LogP contribution in [0.4, 0.5) is 0 Å². The lowest BCUT2D eigenvalue weighted by molar-refractivity contribution is -0.150. The zero-order valence-corrected chi connectivity index (χ0v) is 43.3. The topological polar surface area (TPSA) is 281 Å². The number of carboxylic acid groups (broad SMARTS) is 1. The van der Waals surface area contributed by atoms with E-state index in [2.05, 4.69) is 26.6 Å². The Bertz CT molecular complexity index is 1960. The summed E-state index contributed by atoms with van der Waals surface area (Å²) in [5, 5.41) is 32.4. The molecule has 0 saturated carbocycles. The molecule has 1 rings (SSSR count). The standard InChI is InChI=1S/C49H80N8O12/c1-16-28(6)39(57(15)37(59)26-51-45(65)40(60)29(7)17-2)44(64)50-25-36(58)56(14)38(27(4)5)46(66)55(13)35(24-33-22-20-19-21-23-33)43(63)52-31(9)41(61)49(11,12)48(69)53-32(10)42(62)54-34(18-3)30(8)47(67)68/h19-23,27-32,34-35,38-40,60H,16-18,24-26H2,1-15H3,(H,50,64)(H,51,65)(H,52,63)(H,53,69)(H,54,62)(H,67,68)/t28-,29-,30-,31-,32-,34+,35-,38-,39-,40-/m0/s1. The quantitative estimate of drug-likeness (QED) is 0.0585. The Hall–Kier alpha value is -5.92. The average molecular weight is 973 g/mol. The number of nitrogens with one attached hydrogen (secondary N) is 5. The average Bonchev–Trinajstić information content (AvgIpc) is 3.31. The number of rotatable bonds is 28. The number of Topliss-reactive ketones (excluding diaryl/α,β-unsaturated/α-hetero) is 1. The molecule has 0 aliphatic rings. The van der Waals surface area contributed by atoms with Crippen molar-refractivity contribution in [3.05, 3.63) is 35.9 Å². The van der Waals surface area contributed by atoms with Crippen molar-refractivity contribution in [2.45, 2.75) is 151 Å². The maximum atomic E-state index is 14.5. The maximum absolute atomic E-state index is 14.5. The lowest BCUT2D eigenvalue weighted by atomic mass is 9.83. The third-order valence-corrected chi connectivity index (χ3v) is 13.1. The van der Waals surface area contributed by atoms with Crippen LogP contribution in [0.25, 0.3) is 0 Å². The normalized spacial score (nSPS) is 15.8. The number of carbonyl (C=O) groups excluding carboxylic acids is 9. The van der Waals surface area contributed by atoms with Crippen LogP contribution >= 0.6 is 0 Å². The molecule has 1 aromatic rings. The monoisotopic (exact) mass is 973 g/mol. The van der Waals surface area contributed by atoms with E-state index in [1.54, 1.807) is 65.0 Å². The number of carbonyl (C=O) groups is 10. The van der Waals surface area contributed by atoms with Gasteiger partial charge in [0.25, 0.3) is 0 Å². The number of likely N-dealkylation sites (N-methyl/N-ethyl adjacent to an activating group) is 3. The van der Waals surface area contributed by atoms with Crippen molar-refractivity contribution >= 4 is 59.0 Å². The molecular formula is C49H80N8O12. The van der Waals surface area contributed by atoms with Crippen LogP contribution in [0, 0.1) is 29.1 Å². The third kappa shape index (κ3) is 17.2. The lowest BCUT2D eigenvalue weighted by Crippen LogP contribution is -2.60. The van der Waals surface area contributed by atoms with Crippen molar-refractivity contribution in [2.75, 3.05) is 34.2 Å². The van der Waals surface area contributed by atoms with Crippen LogP contribution in [-0.4, -0.2) is 161 Å². The van der Waals surface area contributed by atoms with E-state index in [4.69, 9.17) is 0 Å². The van der Waals surface area contributed by atoms with Gasteiger partial charge >= 0.3 is 5.97 Å². The van der Waals surface area contributed by atoms with Crippen LogP contribution in [0.2, 0.25) is 0 Å². The van der Waals surface area contributed by atoms with Gasteiger partial charge in [-0.3, -0.25) is 47.9 Å². The molecule has 0 radical (unpaired) electrons. The molecule has 0 fully saturated rings. The first-order valence-corrected chi connectivity index (χ1v) is 23.8. The van der Waals surface area contributed by atoms with Gasteiger partial charge in [0.1, 0.15) is 35.7 Å². The van der Waals surface area contributed by atoms with Crippen LogP contribution in [0.3, 0.4) is 0 Å². The number of aliphatic hydroxyl groups excluding tert-OH is 1. The molecule has 10 atom stereocenters. The summed E-state index contributed by atoms with van der Waals surface area (Å²) in [6, 6.07) is 2.27. The molecule has 0 spiro atoms. The van der Waals surface area contributed by atoms with Crippen LogP contribution in [0.5, 0.6) is 0 Å². The number of amides is 8. The van der Waals surface area contributed by atoms with Gasteiger partial charge in [-0.05, 0) is 64.4 Å². The predicted molar refractivity (Wildman–Crippen MR) is 259 cm³/mol. The minimum Gasteiger partial charge on any atom is -0.481 e. The first-order valence-electron chi connectivity index (χ1n) is 23.8. The van der Waals surface area contributed by atoms with Crippen molar-refractivity contribution in [3.8, 4) is 0 Å². The summed E-state index contributed by atoms with van der Waals surface area (Å²) in [5.74, 6) is -9.34. The SMILES string of the molecule is CC[C@H](C)[C@H](O)C(=O)NCC(=O)N(C)[C@H](C(=O)NCC(=O)N(C)[C@H](C(=O)N(C)[C@@H](Cc1ccccc1)C(=O)N[C@@H](C)C(=O)C(C)(C)C(=O)N[C@@H](C)C(=O)N[C@H](CC)[C@H](C)C(=O)O)C(C)C)[C@@H](C)CC. The summed E-state index contributed by atoms with van der Waals surface area (Å²) in [6.45, 7) is 18.1. The van der Waals surface area contributed by atoms with Crippen molar-refractivity contribution in [1.29, 1.82) is 0 Å². The highest BCUT2D eigenvalue weighted by molar-refractivity contribution is 6.09. The van der Waals surface area contributed by atoms with Gasteiger partial charge in [0.2, 0.25) is 47.3 Å². The van der Waals surface area contributed by atoms with Crippen LogP contribution in [0.1, 0.15) is 108 Å². The molecule has 388 valence electrons. The number of benzene rings is 1. The first-order chi connectivity index (χ1) is 32.0. The fraction of sp³-hybridized carbons (Fsp3) is 0.673. The molecule has 0 aliphatic heterocycles. The van der Waals surface area contributed by atoms with Gasteiger partial charge in [0, 0.05) is 33.6 Å². The molecule has 69 heavy (non-hydrogen) atoms. The second-order valence-electron chi connectivity index (χ2n) is 19.0. The molecule has 1 aromatic carbocycles. The van der Waals surface area contributed by atoms with E-state index in [9.17, 15) is 58.2 Å². The van der Waals surface area contributed by atoms with Crippen LogP contribution in [0.15, 0.2) is 30.3 Å². The number of aliphatic carboxylic acids is 1. The summed E-state index contributed by atoms with van der Waals surface area (Å²) < 4.78 is 0. The Balaban J connectivity index is 3.28. The molecule has 0 aliphatic carbocycles. The summed E-state index contributed by atoms with van der Waals surface area (Å²) in [5.41, 5.74) is -1.10. The smallest absolute Gasteiger partial charge is 0.308 e. The zero-order valence-electron chi connectivity index (χ0n) is 43.3. The molecule has 0 heterocycles. The molecule has 0 aromatic heterocycles. The van der Waals surface area contributed by atoms with Gasteiger partial charge in [-0.25, -0.2) is 0 Å². The van der Waals surface area contributed by atoms with Crippen LogP contribution in [-0.2, 0) is 54.4 Å². The van der Waals surface area contributed by atoms with E-state index in [0.29, 0.717) is 24.8 Å². The molecule has 8 amide bonds.